The lowest BCUT2D eigenvalue weighted by Gasteiger charge is -2.10. The normalized spacial score (nSPS) is 13.0. The summed E-state index contributed by atoms with van der Waals surface area (Å²) in [5.41, 5.74) is 5.51. The number of aromatic nitrogens is 3. The number of anilines is 1. The quantitative estimate of drug-likeness (QED) is 0.612. The van der Waals surface area contributed by atoms with Crippen molar-refractivity contribution in [3.63, 3.8) is 0 Å². The number of rotatable bonds is 2. The highest BCUT2D eigenvalue weighted by Gasteiger charge is 2.20. The zero-order chi connectivity index (χ0) is 16.8. The van der Waals surface area contributed by atoms with Gasteiger partial charge in [-0.15, -0.1) is 0 Å². The van der Waals surface area contributed by atoms with E-state index in [1.165, 1.54) is 0 Å². The Hall–Kier alpha value is -3.47. The second kappa shape index (κ2) is 5.27. The van der Waals surface area contributed by atoms with Crippen LogP contribution in [0.15, 0.2) is 66.9 Å². The van der Waals surface area contributed by atoms with Gasteiger partial charge in [0.1, 0.15) is 11.3 Å². The number of hydrogen-bond donors (Lipinski definition) is 1. The van der Waals surface area contributed by atoms with Crippen molar-refractivity contribution in [3.05, 3.63) is 72.4 Å². The molecule has 1 amide bonds. The molecule has 4 aromatic rings. The number of hydrogen-bond acceptors (Lipinski definition) is 3. The number of amides is 1. The highest BCUT2D eigenvalue weighted by molar-refractivity contribution is 5.99. The van der Waals surface area contributed by atoms with Gasteiger partial charge in [0.2, 0.25) is 5.91 Å². The Kier molecular flexibility index (Phi) is 2.94. The van der Waals surface area contributed by atoms with Gasteiger partial charge in [-0.2, -0.15) is 0 Å². The Balaban J connectivity index is 1.78. The van der Waals surface area contributed by atoms with Crippen LogP contribution in [0.5, 0.6) is 0 Å². The summed E-state index contributed by atoms with van der Waals surface area (Å²) in [7, 11) is 0. The molecular formula is C20H14N4O. The van der Waals surface area contributed by atoms with Gasteiger partial charge in [-0.25, -0.2) is 9.97 Å². The van der Waals surface area contributed by atoms with Crippen LogP contribution in [0.2, 0.25) is 0 Å². The van der Waals surface area contributed by atoms with E-state index in [0.717, 1.165) is 39.5 Å². The standard InChI is InChI=1S/C20H14N4O/c25-18-12-14-11-15(8-9-16(14)22-18)24-19(13-5-2-1-3-6-13)23-17-7-4-10-21-20(17)24/h1-11H,12H2,(H,22,25). The summed E-state index contributed by atoms with van der Waals surface area (Å²) in [4.78, 5) is 21.0. The Morgan fingerprint density at radius 1 is 1.00 bits per heavy atom. The Morgan fingerprint density at radius 3 is 2.76 bits per heavy atom. The minimum absolute atomic E-state index is 0.0315. The molecule has 5 nitrogen and oxygen atoms in total. The number of nitrogens with zero attached hydrogens (tertiary/aromatic N) is 3. The molecular weight excluding hydrogens is 312 g/mol. The highest BCUT2D eigenvalue weighted by atomic mass is 16.1. The first-order valence-electron chi connectivity index (χ1n) is 8.12. The van der Waals surface area contributed by atoms with E-state index in [-0.39, 0.29) is 5.91 Å². The van der Waals surface area contributed by atoms with Crippen molar-refractivity contribution in [3.8, 4) is 17.1 Å². The summed E-state index contributed by atoms with van der Waals surface area (Å²) < 4.78 is 2.05. The fourth-order valence-electron chi connectivity index (χ4n) is 3.29. The molecule has 0 radical (unpaired) electrons. The minimum Gasteiger partial charge on any atom is -0.326 e. The van der Waals surface area contributed by atoms with Crippen LogP contribution < -0.4 is 5.32 Å². The van der Waals surface area contributed by atoms with Crippen molar-refractivity contribution in [1.82, 2.24) is 14.5 Å². The van der Waals surface area contributed by atoms with Crippen LogP contribution in [0.1, 0.15) is 5.56 Å². The molecule has 5 rings (SSSR count). The smallest absolute Gasteiger partial charge is 0.228 e. The Morgan fingerprint density at radius 2 is 1.88 bits per heavy atom. The third-order valence-electron chi connectivity index (χ3n) is 4.42. The van der Waals surface area contributed by atoms with E-state index in [2.05, 4.69) is 10.3 Å². The molecule has 1 aliphatic heterocycles. The molecule has 3 heterocycles. The molecule has 0 saturated heterocycles. The Bertz CT molecular complexity index is 1120. The van der Waals surface area contributed by atoms with E-state index in [1.807, 2.05) is 65.2 Å². The molecule has 120 valence electrons. The first-order chi connectivity index (χ1) is 12.3. The SMILES string of the molecule is O=C1Cc2cc(-n3c(-c4ccccc4)nc4cccnc43)ccc2N1. The van der Waals surface area contributed by atoms with Crippen molar-refractivity contribution in [2.24, 2.45) is 0 Å². The van der Waals surface area contributed by atoms with Crippen molar-refractivity contribution in [2.45, 2.75) is 6.42 Å². The van der Waals surface area contributed by atoms with Crippen molar-refractivity contribution >= 4 is 22.8 Å². The maximum atomic E-state index is 11.7. The first-order valence-corrected chi connectivity index (χ1v) is 8.12. The Labute approximate surface area is 144 Å². The van der Waals surface area contributed by atoms with E-state index in [9.17, 15) is 4.79 Å². The summed E-state index contributed by atoms with van der Waals surface area (Å²) in [6, 6.07) is 19.9. The van der Waals surface area contributed by atoms with Gasteiger partial charge in [-0.3, -0.25) is 9.36 Å². The van der Waals surface area contributed by atoms with E-state index >= 15 is 0 Å². The number of fused-ring (bicyclic) bond motifs is 2. The van der Waals surface area contributed by atoms with E-state index < -0.39 is 0 Å². The molecule has 2 aromatic carbocycles. The molecule has 25 heavy (non-hydrogen) atoms. The maximum Gasteiger partial charge on any atom is 0.228 e. The summed E-state index contributed by atoms with van der Waals surface area (Å²) in [6.45, 7) is 0. The zero-order valence-corrected chi connectivity index (χ0v) is 13.3. The molecule has 1 aliphatic rings. The number of carbonyl (C=O) groups excluding carboxylic acids is 1. The maximum absolute atomic E-state index is 11.7. The zero-order valence-electron chi connectivity index (χ0n) is 13.3. The topological polar surface area (TPSA) is 59.8 Å². The first kappa shape index (κ1) is 13.9. The van der Waals surface area contributed by atoms with E-state index in [0.29, 0.717) is 6.42 Å². The summed E-state index contributed by atoms with van der Waals surface area (Å²) in [6.07, 6.45) is 2.18. The lowest BCUT2D eigenvalue weighted by Crippen LogP contribution is -2.03. The summed E-state index contributed by atoms with van der Waals surface area (Å²) in [5.74, 6) is 0.871. The fourth-order valence-corrected chi connectivity index (χ4v) is 3.29. The second-order valence-electron chi connectivity index (χ2n) is 6.05. The van der Waals surface area contributed by atoms with Gasteiger partial charge in [0.25, 0.3) is 0 Å². The average Bonchev–Trinajstić information content (AvgIpc) is 3.21. The van der Waals surface area contributed by atoms with Crippen LogP contribution in [0.3, 0.4) is 0 Å². The van der Waals surface area contributed by atoms with Gasteiger partial charge in [0, 0.05) is 23.1 Å². The van der Waals surface area contributed by atoms with Crippen molar-refractivity contribution in [1.29, 1.82) is 0 Å². The largest absolute Gasteiger partial charge is 0.326 e. The molecule has 0 unspecified atom stereocenters. The lowest BCUT2D eigenvalue weighted by molar-refractivity contribution is -0.115. The number of pyridine rings is 1. The van der Waals surface area contributed by atoms with E-state index in [1.54, 1.807) is 6.20 Å². The van der Waals surface area contributed by atoms with Gasteiger partial charge >= 0.3 is 0 Å². The number of imidazole rings is 1. The van der Waals surface area contributed by atoms with Crippen LogP contribution in [-0.2, 0) is 11.2 Å². The van der Waals surface area contributed by atoms with Crippen molar-refractivity contribution < 1.29 is 4.79 Å². The second-order valence-corrected chi connectivity index (χ2v) is 6.05. The molecule has 0 atom stereocenters. The number of carbonyl (C=O) groups is 1. The molecule has 0 spiro atoms. The van der Waals surface area contributed by atoms with Gasteiger partial charge in [0.05, 0.1) is 6.42 Å². The molecule has 1 N–H and O–H groups in total. The van der Waals surface area contributed by atoms with Gasteiger partial charge < -0.3 is 5.32 Å². The molecule has 0 aliphatic carbocycles. The summed E-state index contributed by atoms with van der Waals surface area (Å²) >= 11 is 0. The van der Waals surface area contributed by atoms with Crippen LogP contribution in [0.4, 0.5) is 5.69 Å². The van der Waals surface area contributed by atoms with Crippen LogP contribution >= 0.6 is 0 Å². The van der Waals surface area contributed by atoms with Crippen LogP contribution in [0.25, 0.3) is 28.2 Å². The van der Waals surface area contributed by atoms with Crippen molar-refractivity contribution in [2.75, 3.05) is 5.32 Å². The van der Waals surface area contributed by atoms with Gasteiger partial charge in [-0.05, 0) is 35.9 Å². The number of benzene rings is 2. The van der Waals surface area contributed by atoms with Gasteiger partial charge in [-0.1, -0.05) is 30.3 Å². The third kappa shape index (κ3) is 2.21. The van der Waals surface area contributed by atoms with Crippen LogP contribution in [0, 0.1) is 0 Å². The predicted molar refractivity (Wildman–Crippen MR) is 96.6 cm³/mol. The molecule has 0 saturated carbocycles. The number of nitrogens with one attached hydrogen (secondary N) is 1. The molecule has 2 aromatic heterocycles. The highest BCUT2D eigenvalue weighted by Crippen LogP contribution is 2.31. The average molecular weight is 326 g/mol. The minimum atomic E-state index is 0.0315. The predicted octanol–water partition coefficient (Wildman–Crippen LogP) is 3.58. The molecule has 0 bridgehead atoms. The third-order valence-corrected chi connectivity index (χ3v) is 4.42. The fraction of sp³-hybridized carbons (Fsp3) is 0.0500. The summed E-state index contributed by atoms with van der Waals surface area (Å²) in [5, 5.41) is 2.87. The van der Waals surface area contributed by atoms with Crippen LogP contribution in [-0.4, -0.2) is 20.4 Å². The molecule has 0 fully saturated rings. The van der Waals surface area contributed by atoms with E-state index in [4.69, 9.17) is 4.98 Å². The lowest BCUT2D eigenvalue weighted by atomic mass is 10.1. The van der Waals surface area contributed by atoms with Gasteiger partial charge in [0.15, 0.2) is 5.65 Å². The monoisotopic (exact) mass is 326 g/mol. The molecule has 5 heteroatoms.